The molecule has 0 aromatic carbocycles. The van der Waals surface area contributed by atoms with Gasteiger partial charge in [0, 0.05) is 16.7 Å². The molecule has 1 unspecified atom stereocenters. The van der Waals surface area contributed by atoms with Crippen molar-refractivity contribution in [3.63, 3.8) is 0 Å². The van der Waals surface area contributed by atoms with E-state index in [0.717, 1.165) is 17.8 Å². The fourth-order valence-corrected chi connectivity index (χ4v) is 2.36. The maximum atomic E-state index is 10.8. The molecule has 0 spiro atoms. The van der Waals surface area contributed by atoms with Gasteiger partial charge in [0.05, 0.1) is 0 Å². The fourth-order valence-electron chi connectivity index (χ4n) is 1.17. The number of thioether (sulfide) groups is 1. The molecule has 90 valence electrons. The van der Waals surface area contributed by atoms with Crippen LogP contribution in [0.2, 0.25) is 0 Å². The number of carboxylic acids is 1. The van der Waals surface area contributed by atoms with Crippen LogP contribution >= 0.6 is 23.1 Å². The van der Waals surface area contributed by atoms with Crippen LogP contribution in [0.1, 0.15) is 28.7 Å². The largest absolute Gasteiger partial charge is 0.476 e. The van der Waals surface area contributed by atoms with Gasteiger partial charge in [-0.15, -0.1) is 11.3 Å². The third-order valence-corrected chi connectivity index (χ3v) is 4.20. The monoisotopic (exact) mass is 260 g/mol. The molecular formula is C10H16N2O2S2. The third kappa shape index (κ3) is 3.68. The Morgan fingerprint density at radius 1 is 1.69 bits per heavy atom. The van der Waals surface area contributed by atoms with Gasteiger partial charge in [0.15, 0.2) is 10.8 Å². The molecule has 1 rings (SSSR count). The Balaban J connectivity index is 2.49. The number of hydrogen-bond acceptors (Lipinski definition) is 5. The predicted octanol–water partition coefficient (Wildman–Crippen LogP) is 2.70. The van der Waals surface area contributed by atoms with Gasteiger partial charge in [-0.05, 0) is 19.6 Å². The van der Waals surface area contributed by atoms with Crippen molar-refractivity contribution in [3.8, 4) is 0 Å². The minimum atomic E-state index is -0.959. The van der Waals surface area contributed by atoms with Gasteiger partial charge in [0.25, 0.3) is 0 Å². The summed E-state index contributed by atoms with van der Waals surface area (Å²) in [6.07, 6.45) is 3.13. The van der Waals surface area contributed by atoms with E-state index in [1.54, 1.807) is 6.92 Å². The summed E-state index contributed by atoms with van der Waals surface area (Å²) in [7, 11) is 0. The minimum absolute atomic E-state index is 0.158. The molecule has 0 amide bonds. The number of aromatic carboxylic acids is 1. The van der Waals surface area contributed by atoms with Gasteiger partial charge in [-0.25, -0.2) is 9.78 Å². The number of carbonyl (C=O) groups is 1. The molecular weight excluding hydrogens is 244 g/mol. The second-order valence-corrected chi connectivity index (χ2v) is 5.97. The maximum Gasteiger partial charge on any atom is 0.355 e. The van der Waals surface area contributed by atoms with Crippen molar-refractivity contribution in [3.05, 3.63) is 10.6 Å². The maximum absolute atomic E-state index is 10.8. The standard InChI is InChI=1S/C10H16N2O2S2/c1-6(15-3)4-5-11-10-12-8(9(13)14)7(2)16-10/h6H,4-5H2,1-3H3,(H,11,12)(H,13,14). The number of rotatable bonds is 6. The molecule has 0 saturated carbocycles. The fraction of sp³-hybridized carbons (Fsp3) is 0.600. The first-order chi connectivity index (χ1) is 7.54. The molecule has 1 heterocycles. The van der Waals surface area contributed by atoms with Gasteiger partial charge in [0.1, 0.15) is 0 Å². The number of aryl methyl sites for hydroxylation is 1. The zero-order valence-electron chi connectivity index (χ0n) is 9.61. The second-order valence-electron chi connectivity index (χ2n) is 3.49. The zero-order valence-corrected chi connectivity index (χ0v) is 11.2. The van der Waals surface area contributed by atoms with E-state index in [4.69, 9.17) is 5.11 Å². The van der Waals surface area contributed by atoms with Crippen molar-refractivity contribution < 1.29 is 9.90 Å². The Labute approximate surface area is 103 Å². The predicted molar refractivity (Wildman–Crippen MR) is 69.9 cm³/mol. The summed E-state index contributed by atoms with van der Waals surface area (Å²) in [5.41, 5.74) is 0.158. The first-order valence-electron chi connectivity index (χ1n) is 5.02. The number of thiazole rings is 1. The molecule has 6 heteroatoms. The van der Waals surface area contributed by atoms with Crippen LogP contribution in [0.15, 0.2) is 0 Å². The molecule has 0 bridgehead atoms. The summed E-state index contributed by atoms with van der Waals surface area (Å²) in [5, 5.41) is 13.3. The van der Waals surface area contributed by atoms with E-state index in [2.05, 4.69) is 23.5 Å². The number of aromatic nitrogens is 1. The van der Waals surface area contributed by atoms with Crippen molar-refractivity contribution in [2.45, 2.75) is 25.5 Å². The minimum Gasteiger partial charge on any atom is -0.476 e. The van der Waals surface area contributed by atoms with Crippen LogP contribution in [0, 0.1) is 6.92 Å². The van der Waals surface area contributed by atoms with Gasteiger partial charge in [-0.3, -0.25) is 0 Å². The van der Waals surface area contributed by atoms with Crippen molar-refractivity contribution >= 4 is 34.2 Å². The molecule has 1 atom stereocenters. The molecule has 4 nitrogen and oxygen atoms in total. The Kier molecular flexibility index (Phi) is 5.08. The lowest BCUT2D eigenvalue weighted by atomic mass is 10.3. The summed E-state index contributed by atoms with van der Waals surface area (Å²) in [6.45, 7) is 4.77. The van der Waals surface area contributed by atoms with Crippen LogP contribution in [0.5, 0.6) is 0 Å². The normalized spacial score (nSPS) is 12.4. The number of anilines is 1. The molecule has 1 aromatic rings. The van der Waals surface area contributed by atoms with Crippen molar-refractivity contribution in [2.75, 3.05) is 18.1 Å². The Morgan fingerprint density at radius 3 is 2.88 bits per heavy atom. The van der Waals surface area contributed by atoms with E-state index in [0.29, 0.717) is 10.4 Å². The Morgan fingerprint density at radius 2 is 2.38 bits per heavy atom. The van der Waals surface area contributed by atoms with Crippen molar-refractivity contribution in [1.82, 2.24) is 4.98 Å². The van der Waals surface area contributed by atoms with Crippen LogP contribution in [0.25, 0.3) is 0 Å². The summed E-state index contributed by atoms with van der Waals surface area (Å²) in [4.78, 5) is 15.6. The lowest BCUT2D eigenvalue weighted by Gasteiger charge is -2.07. The van der Waals surface area contributed by atoms with Gasteiger partial charge < -0.3 is 10.4 Å². The van der Waals surface area contributed by atoms with Crippen molar-refractivity contribution in [2.24, 2.45) is 0 Å². The molecule has 0 radical (unpaired) electrons. The van der Waals surface area contributed by atoms with E-state index in [-0.39, 0.29) is 5.69 Å². The van der Waals surface area contributed by atoms with Gasteiger partial charge in [0.2, 0.25) is 0 Å². The highest BCUT2D eigenvalue weighted by Crippen LogP contribution is 2.22. The van der Waals surface area contributed by atoms with Crippen LogP contribution in [-0.2, 0) is 0 Å². The highest BCUT2D eigenvalue weighted by atomic mass is 32.2. The molecule has 0 aliphatic heterocycles. The van der Waals surface area contributed by atoms with E-state index in [1.807, 2.05) is 11.8 Å². The average molecular weight is 260 g/mol. The van der Waals surface area contributed by atoms with E-state index >= 15 is 0 Å². The molecule has 2 N–H and O–H groups in total. The summed E-state index contributed by atoms with van der Waals surface area (Å²) in [6, 6.07) is 0. The van der Waals surface area contributed by atoms with Gasteiger partial charge in [-0.1, -0.05) is 6.92 Å². The first-order valence-corrected chi connectivity index (χ1v) is 7.12. The lowest BCUT2D eigenvalue weighted by Crippen LogP contribution is -2.07. The topological polar surface area (TPSA) is 62.2 Å². The van der Waals surface area contributed by atoms with Crippen LogP contribution < -0.4 is 5.32 Å². The number of nitrogens with zero attached hydrogens (tertiary/aromatic N) is 1. The quantitative estimate of drug-likeness (QED) is 0.823. The third-order valence-electron chi connectivity index (χ3n) is 2.23. The van der Waals surface area contributed by atoms with Crippen LogP contribution in [0.3, 0.4) is 0 Å². The van der Waals surface area contributed by atoms with Gasteiger partial charge in [-0.2, -0.15) is 11.8 Å². The summed E-state index contributed by atoms with van der Waals surface area (Å²) >= 11 is 3.21. The molecule has 1 aromatic heterocycles. The molecule has 0 fully saturated rings. The average Bonchev–Trinajstić information content (AvgIpc) is 2.59. The number of carboxylic acid groups (broad SMARTS) is 1. The molecule has 0 aliphatic rings. The zero-order chi connectivity index (χ0) is 12.1. The number of nitrogens with one attached hydrogen (secondary N) is 1. The Hall–Kier alpha value is -0.750. The molecule has 16 heavy (non-hydrogen) atoms. The first kappa shape index (κ1) is 13.3. The van der Waals surface area contributed by atoms with E-state index < -0.39 is 5.97 Å². The smallest absolute Gasteiger partial charge is 0.355 e. The van der Waals surface area contributed by atoms with Crippen LogP contribution in [-0.4, -0.2) is 34.1 Å². The summed E-state index contributed by atoms with van der Waals surface area (Å²) in [5.74, 6) is -0.959. The second kappa shape index (κ2) is 6.10. The lowest BCUT2D eigenvalue weighted by molar-refractivity contribution is 0.0690. The van der Waals surface area contributed by atoms with Crippen molar-refractivity contribution in [1.29, 1.82) is 0 Å². The highest BCUT2D eigenvalue weighted by molar-refractivity contribution is 7.99. The van der Waals surface area contributed by atoms with Crippen LogP contribution in [0.4, 0.5) is 5.13 Å². The van der Waals surface area contributed by atoms with E-state index in [1.165, 1.54) is 11.3 Å². The number of hydrogen-bond donors (Lipinski definition) is 2. The Bertz CT molecular complexity index is 366. The van der Waals surface area contributed by atoms with E-state index in [9.17, 15) is 4.79 Å². The molecule has 0 saturated heterocycles. The van der Waals surface area contributed by atoms with Gasteiger partial charge >= 0.3 is 5.97 Å². The summed E-state index contributed by atoms with van der Waals surface area (Å²) < 4.78 is 0. The molecule has 0 aliphatic carbocycles. The SMILES string of the molecule is CSC(C)CCNc1nc(C(=O)O)c(C)s1. The highest BCUT2D eigenvalue weighted by Gasteiger charge is 2.13.